The number of ether oxygens (including phenoxy) is 1. The number of allylic oxidation sites excluding steroid dienone is 2. The predicted octanol–water partition coefficient (Wildman–Crippen LogP) is 1.22. The molecule has 2 bridgehead atoms. The molecule has 1 aliphatic heterocycles. The van der Waals surface area contributed by atoms with Crippen molar-refractivity contribution in [3.63, 3.8) is 0 Å². The van der Waals surface area contributed by atoms with Gasteiger partial charge >= 0.3 is 5.97 Å². The molecule has 2 fully saturated rings. The number of rotatable bonds is 2. The van der Waals surface area contributed by atoms with E-state index in [2.05, 4.69) is 12.2 Å². The molecule has 0 N–H and O–H groups in total. The van der Waals surface area contributed by atoms with Crippen LogP contribution in [0.2, 0.25) is 0 Å². The summed E-state index contributed by atoms with van der Waals surface area (Å²) in [6.45, 7) is 1.70. The molecule has 98 valence electrons. The van der Waals surface area contributed by atoms with Crippen LogP contribution < -0.4 is 0 Å². The topological polar surface area (TPSA) is 46.6 Å². The van der Waals surface area contributed by atoms with E-state index in [0.29, 0.717) is 0 Å². The second kappa shape index (κ2) is 4.41. The van der Waals surface area contributed by atoms with E-state index in [1.165, 1.54) is 7.11 Å². The van der Waals surface area contributed by atoms with Crippen molar-refractivity contribution in [3.05, 3.63) is 12.2 Å². The van der Waals surface area contributed by atoms with Gasteiger partial charge in [0.05, 0.1) is 18.9 Å². The summed E-state index contributed by atoms with van der Waals surface area (Å²) in [6.07, 6.45) is 7.31. The van der Waals surface area contributed by atoms with Gasteiger partial charge in [0.2, 0.25) is 5.91 Å². The molecule has 1 heterocycles. The number of esters is 1. The maximum atomic E-state index is 12.6. The molecule has 2 aliphatic carbocycles. The molecule has 0 aromatic heterocycles. The van der Waals surface area contributed by atoms with Gasteiger partial charge in [-0.15, -0.1) is 0 Å². The number of carbonyl (C=O) groups is 2. The Hall–Kier alpha value is -1.32. The van der Waals surface area contributed by atoms with Crippen molar-refractivity contribution in [3.8, 4) is 0 Å². The van der Waals surface area contributed by atoms with Crippen molar-refractivity contribution in [1.29, 1.82) is 0 Å². The quantitative estimate of drug-likeness (QED) is 0.546. The summed E-state index contributed by atoms with van der Waals surface area (Å²) < 4.78 is 4.89. The van der Waals surface area contributed by atoms with Gasteiger partial charge in [-0.2, -0.15) is 0 Å². The Balaban J connectivity index is 1.82. The molecule has 18 heavy (non-hydrogen) atoms. The van der Waals surface area contributed by atoms with Crippen LogP contribution in [-0.2, 0) is 14.3 Å². The fourth-order valence-electron chi connectivity index (χ4n) is 3.76. The van der Waals surface area contributed by atoms with E-state index in [0.717, 1.165) is 32.4 Å². The first kappa shape index (κ1) is 11.8. The highest BCUT2D eigenvalue weighted by Crippen LogP contribution is 2.49. The third kappa shape index (κ3) is 1.66. The number of carbonyl (C=O) groups excluding carboxylic acids is 2. The molecule has 0 spiro atoms. The van der Waals surface area contributed by atoms with Crippen LogP contribution in [0, 0.1) is 23.7 Å². The van der Waals surface area contributed by atoms with Crippen molar-refractivity contribution in [2.45, 2.75) is 19.3 Å². The molecule has 4 atom stereocenters. The lowest BCUT2D eigenvalue weighted by molar-refractivity contribution is -0.153. The maximum Gasteiger partial charge on any atom is 0.310 e. The molecule has 1 saturated heterocycles. The minimum atomic E-state index is -0.252. The zero-order valence-electron chi connectivity index (χ0n) is 10.7. The van der Waals surface area contributed by atoms with E-state index in [4.69, 9.17) is 4.74 Å². The van der Waals surface area contributed by atoms with Gasteiger partial charge < -0.3 is 9.64 Å². The average Bonchev–Trinajstić information content (AvgIpc) is 3.10. The summed E-state index contributed by atoms with van der Waals surface area (Å²) in [5.41, 5.74) is 0. The fraction of sp³-hybridized carbons (Fsp3) is 0.714. The van der Waals surface area contributed by atoms with E-state index >= 15 is 0 Å². The Labute approximate surface area is 107 Å². The first-order chi connectivity index (χ1) is 8.72. The summed E-state index contributed by atoms with van der Waals surface area (Å²) >= 11 is 0. The van der Waals surface area contributed by atoms with Crippen LogP contribution >= 0.6 is 0 Å². The highest BCUT2D eigenvalue weighted by Gasteiger charge is 2.53. The van der Waals surface area contributed by atoms with E-state index in [1.807, 2.05) is 4.90 Å². The maximum absolute atomic E-state index is 12.6. The van der Waals surface area contributed by atoms with Crippen molar-refractivity contribution in [2.75, 3.05) is 20.2 Å². The molecule has 0 aromatic carbocycles. The standard InChI is InChI=1S/C14H19NO3/c1-18-14(17)12-10-5-4-9(8-10)11(12)13(16)15-6-2-3-7-15/h4-5,9-12H,2-3,6-8H2,1H3/t9-,10+,11-,12+/m1/s1. The van der Waals surface area contributed by atoms with Gasteiger partial charge in [0.15, 0.2) is 0 Å². The SMILES string of the molecule is COC(=O)[C@@H]1[C@H](C(=O)N2CCCC2)[C@@H]2C=C[C@H]1C2. The summed E-state index contributed by atoms with van der Waals surface area (Å²) in [7, 11) is 1.41. The number of nitrogens with zero attached hydrogens (tertiary/aromatic N) is 1. The van der Waals surface area contributed by atoms with Crippen LogP contribution in [-0.4, -0.2) is 37.0 Å². The summed E-state index contributed by atoms with van der Waals surface area (Å²) in [5.74, 6) is -0.0287. The zero-order valence-corrected chi connectivity index (χ0v) is 10.7. The molecular formula is C14H19NO3. The third-order valence-corrected chi connectivity index (χ3v) is 4.64. The average molecular weight is 249 g/mol. The first-order valence-corrected chi connectivity index (χ1v) is 6.77. The van der Waals surface area contributed by atoms with E-state index in [-0.39, 0.29) is 35.5 Å². The Kier molecular flexibility index (Phi) is 2.88. The van der Waals surface area contributed by atoms with Gasteiger partial charge in [-0.3, -0.25) is 9.59 Å². The van der Waals surface area contributed by atoms with Crippen molar-refractivity contribution >= 4 is 11.9 Å². The Morgan fingerprint density at radius 3 is 2.33 bits per heavy atom. The van der Waals surface area contributed by atoms with E-state index in [1.54, 1.807) is 0 Å². The van der Waals surface area contributed by atoms with E-state index in [9.17, 15) is 9.59 Å². The smallest absolute Gasteiger partial charge is 0.310 e. The number of fused-ring (bicyclic) bond motifs is 2. The summed E-state index contributed by atoms with van der Waals surface area (Å²) in [6, 6.07) is 0. The molecule has 3 aliphatic rings. The third-order valence-electron chi connectivity index (χ3n) is 4.64. The van der Waals surface area contributed by atoms with Gasteiger partial charge in [-0.25, -0.2) is 0 Å². The number of hydrogen-bond donors (Lipinski definition) is 0. The lowest BCUT2D eigenvalue weighted by atomic mass is 9.82. The van der Waals surface area contributed by atoms with Crippen LogP contribution in [0.3, 0.4) is 0 Å². The Bertz CT molecular complexity index is 398. The van der Waals surface area contributed by atoms with Gasteiger partial charge in [-0.1, -0.05) is 12.2 Å². The van der Waals surface area contributed by atoms with Crippen molar-refractivity contribution < 1.29 is 14.3 Å². The van der Waals surface area contributed by atoms with Gasteiger partial charge in [-0.05, 0) is 31.1 Å². The van der Waals surface area contributed by atoms with Gasteiger partial charge in [0, 0.05) is 13.1 Å². The first-order valence-electron chi connectivity index (χ1n) is 6.77. The molecular weight excluding hydrogens is 230 g/mol. The molecule has 0 radical (unpaired) electrons. The Morgan fingerprint density at radius 2 is 1.72 bits per heavy atom. The molecule has 4 heteroatoms. The Morgan fingerprint density at radius 1 is 1.11 bits per heavy atom. The molecule has 1 amide bonds. The van der Waals surface area contributed by atoms with Crippen LogP contribution in [0.1, 0.15) is 19.3 Å². The molecule has 4 nitrogen and oxygen atoms in total. The number of hydrogen-bond acceptors (Lipinski definition) is 3. The number of amides is 1. The van der Waals surface area contributed by atoms with Crippen LogP contribution in [0.5, 0.6) is 0 Å². The van der Waals surface area contributed by atoms with Crippen LogP contribution in [0.15, 0.2) is 12.2 Å². The lowest BCUT2D eigenvalue weighted by Crippen LogP contribution is -2.42. The van der Waals surface area contributed by atoms with Crippen molar-refractivity contribution in [1.82, 2.24) is 4.90 Å². The second-order valence-corrected chi connectivity index (χ2v) is 5.56. The fourth-order valence-corrected chi connectivity index (χ4v) is 3.76. The van der Waals surface area contributed by atoms with E-state index < -0.39 is 0 Å². The largest absolute Gasteiger partial charge is 0.469 e. The minimum absolute atomic E-state index is 0.166. The molecule has 1 saturated carbocycles. The summed E-state index contributed by atoms with van der Waals surface area (Å²) in [5, 5.41) is 0. The lowest BCUT2D eigenvalue weighted by Gasteiger charge is -2.28. The van der Waals surface area contributed by atoms with Crippen LogP contribution in [0.4, 0.5) is 0 Å². The molecule has 3 rings (SSSR count). The predicted molar refractivity (Wildman–Crippen MR) is 65.5 cm³/mol. The highest BCUT2D eigenvalue weighted by atomic mass is 16.5. The zero-order chi connectivity index (χ0) is 12.7. The number of likely N-dealkylation sites (tertiary alicyclic amines) is 1. The molecule has 0 aromatic rings. The summed E-state index contributed by atoms with van der Waals surface area (Å²) in [4.78, 5) is 26.4. The van der Waals surface area contributed by atoms with Gasteiger partial charge in [0.1, 0.15) is 0 Å². The number of methoxy groups -OCH3 is 1. The highest BCUT2D eigenvalue weighted by molar-refractivity contribution is 5.87. The monoisotopic (exact) mass is 249 g/mol. The van der Waals surface area contributed by atoms with Crippen molar-refractivity contribution in [2.24, 2.45) is 23.7 Å². The normalized spacial score (nSPS) is 37.3. The van der Waals surface area contributed by atoms with Crippen LogP contribution in [0.25, 0.3) is 0 Å². The second-order valence-electron chi connectivity index (χ2n) is 5.56. The molecule has 0 unspecified atom stereocenters. The minimum Gasteiger partial charge on any atom is -0.469 e. The van der Waals surface area contributed by atoms with Gasteiger partial charge in [0.25, 0.3) is 0 Å².